The molecule has 0 bridgehead atoms. The molecular formula is C37H27N3O8. The Kier molecular flexibility index (Phi) is 7.92. The first kappa shape index (κ1) is 30.1. The minimum absolute atomic E-state index is 0.181. The van der Waals surface area contributed by atoms with Crippen molar-refractivity contribution in [2.24, 2.45) is 0 Å². The van der Waals surface area contributed by atoms with Gasteiger partial charge in [-0.05, 0) is 47.0 Å². The zero-order valence-corrected chi connectivity index (χ0v) is 25.2. The van der Waals surface area contributed by atoms with Gasteiger partial charge in [0, 0.05) is 51.3 Å². The Labute approximate surface area is 272 Å². The minimum atomic E-state index is -1.38. The van der Waals surface area contributed by atoms with Crippen LogP contribution in [0.15, 0.2) is 104 Å². The number of aromatic amines is 3. The molecule has 0 aliphatic heterocycles. The van der Waals surface area contributed by atoms with Crippen LogP contribution in [0.25, 0.3) is 32.7 Å². The van der Waals surface area contributed by atoms with Crippen LogP contribution in [0.3, 0.4) is 0 Å². The molecule has 0 unspecified atom stereocenters. The molecule has 4 N–H and O–H groups in total. The number of esters is 3. The molecule has 48 heavy (non-hydrogen) atoms. The van der Waals surface area contributed by atoms with Crippen molar-refractivity contribution < 1.29 is 38.5 Å². The van der Waals surface area contributed by atoms with Crippen LogP contribution < -0.4 is 14.2 Å². The highest BCUT2D eigenvalue weighted by atomic mass is 16.6. The van der Waals surface area contributed by atoms with E-state index in [0.717, 1.165) is 44.8 Å². The van der Waals surface area contributed by atoms with E-state index in [0.29, 0.717) is 16.7 Å². The number of rotatable bonds is 10. The molecule has 7 aromatic rings. The predicted octanol–water partition coefficient (Wildman–Crippen LogP) is 6.27. The van der Waals surface area contributed by atoms with Crippen molar-refractivity contribution in [3.63, 3.8) is 0 Å². The lowest BCUT2D eigenvalue weighted by atomic mass is 10.1. The fraction of sp³-hybridized carbons (Fsp3) is 0.0811. The quantitative estimate of drug-likeness (QED) is 0.100. The smallest absolute Gasteiger partial charge is 0.335 e. The lowest BCUT2D eigenvalue weighted by Gasteiger charge is -2.16. The fourth-order valence-corrected chi connectivity index (χ4v) is 5.72. The molecule has 0 radical (unpaired) electrons. The molecule has 0 amide bonds. The number of para-hydroxylation sites is 3. The lowest BCUT2D eigenvalue weighted by molar-refractivity contribution is -0.137. The Bertz CT molecular complexity index is 2250. The molecular weight excluding hydrogens is 614 g/mol. The van der Waals surface area contributed by atoms with Gasteiger partial charge in [0.15, 0.2) is 11.5 Å². The van der Waals surface area contributed by atoms with Crippen LogP contribution in [-0.2, 0) is 33.6 Å². The topological polar surface area (TPSA) is 164 Å². The first-order chi connectivity index (χ1) is 23.3. The number of fused-ring (bicyclic) bond motifs is 3. The van der Waals surface area contributed by atoms with Gasteiger partial charge in [0.1, 0.15) is 0 Å². The number of hydrogen-bond donors (Lipinski definition) is 4. The van der Waals surface area contributed by atoms with Crippen molar-refractivity contribution in [1.82, 2.24) is 15.0 Å². The number of carboxylic acids is 1. The third-order valence-electron chi connectivity index (χ3n) is 7.96. The molecule has 3 heterocycles. The Hall–Kier alpha value is -6.62. The zero-order valence-electron chi connectivity index (χ0n) is 25.2. The fourth-order valence-electron chi connectivity index (χ4n) is 5.72. The van der Waals surface area contributed by atoms with Gasteiger partial charge in [-0.1, -0.05) is 54.6 Å². The van der Waals surface area contributed by atoms with E-state index in [-0.39, 0.29) is 36.3 Å². The first-order valence-electron chi connectivity index (χ1n) is 15.0. The first-order valence-corrected chi connectivity index (χ1v) is 15.0. The highest BCUT2D eigenvalue weighted by molar-refractivity contribution is 5.94. The lowest BCUT2D eigenvalue weighted by Crippen LogP contribution is -2.18. The van der Waals surface area contributed by atoms with Gasteiger partial charge >= 0.3 is 23.9 Å². The molecule has 0 fully saturated rings. The summed E-state index contributed by atoms with van der Waals surface area (Å²) in [7, 11) is 0. The van der Waals surface area contributed by atoms with Gasteiger partial charge in [-0.25, -0.2) is 4.79 Å². The summed E-state index contributed by atoms with van der Waals surface area (Å²) in [4.78, 5) is 61.4. The second kappa shape index (κ2) is 12.6. The van der Waals surface area contributed by atoms with Crippen molar-refractivity contribution in [3.8, 4) is 17.2 Å². The van der Waals surface area contributed by atoms with Gasteiger partial charge < -0.3 is 34.3 Å². The van der Waals surface area contributed by atoms with Crippen molar-refractivity contribution in [2.75, 3.05) is 0 Å². The van der Waals surface area contributed by atoms with Gasteiger partial charge in [-0.15, -0.1) is 0 Å². The van der Waals surface area contributed by atoms with Crippen LogP contribution in [0.1, 0.15) is 27.0 Å². The maximum Gasteiger partial charge on any atom is 0.335 e. The van der Waals surface area contributed by atoms with E-state index < -0.39 is 29.6 Å². The third-order valence-corrected chi connectivity index (χ3v) is 7.96. The Morgan fingerprint density at radius 1 is 0.521 bits per heavy atom. The van der Waals surface area contributed by atoms with Crippen molar-refractivity contribution in [2.45, 2.75) is 19.3 Å². The number of aromatic nitrogens is 3. The largest absolute Gasteiger partial charge is 0.478 e. The van der Waals surface area contributed by atoms with Gasteiger partial charge in [-0.3, -0.25) is 14.4 Å². The van der Waals surface area contributed by atoms with Crippen LogP contribution in [0, 0.1) is 0 Å². The van der Waals surface area contributed by atoms with E-state index in [1.54, 1.807) is 18.6 Å². The number of carbonyl (C=O) groups excluding carboxylic acids is 3. The highest BCUT2D eigenvalue weighted by Gasteiger charge is 2.26. The van der Waals surface area contributed by atoms with Crippen LogP contribution in [0.2, 0.25) is 0 Å². The Balaban J connectivity index is 1.21. The Morgan fingerprint density at radius 2 is 0.875 bits per heavy atom. The summed E-state index contributed by atoms with van der Waals surface area (Å²) in [6.07, 6.45) is 4.50. The van der Waals surface area contributed by atoms with E-state index in [1.165, 1.54) is 0 Å². The number of carboxylic acid groups (broad SMARTS) is 1. The van der Waals surface area contributed by atoms with E-state index in [4.69, 9.17) is 14.2 Å². The SMILES string of the molecule is O=C(Cc1c[nH]c2ccccc12)Oc1cc(C(=O)O)cc(OC(=O)Cc2c[nH]c3ccccc23)c1OC(=O)Cc1c[nH]c2ccccc12. The van der Waals surface area contributed by atoms with E-state index in [9.17, 15) is 24.3 Å². The Morgan fingerprint density at radius 3 is 1.25 bits per heavy atom. The second-order valence-electron chi connectivity index (χ2n) is 11.1. The summed E-state index contributed by atoms with van der Waals surface area (Å²) in [6, 6.07) is 24.3. The van der Waals surface area contributed by atoms with Crippen LogP contribution in [0.5, 0.6) is 17.2 Å². The maximum atomic E-state index is 13.4. The number of carbonyl (C=O) groups is 4. The molecule has 11 nitrogen and oxygen atoms in total. The number of nitrogens with one attached hydrogen (secondary N) is 3. The molecule has 7 rings (SSSR count). The van der Waals surface area contributed by atoms with Crippen LogP contribution in [0.4, 0.5) is 0 Å². The standard InChI is InChI=1S/C37H27N3O8/c41-33(15-22-18-38-28-10-4-1-7-25(22)28)46-31-13-21(37(44)45)14-32(47-34(42)16-23-19-39-29-11-5-2-8-26(23)29)36(31)48-35(43)17-24-20-40-30-12-6-3-9-27(24)30/h1-14,18-20,38-40H,15-17H2,(H,44,45). The molecule has 3 aromatic heterocycles. The average Bonchev–Trinajstić information content (AvgIpc) is 3.80. The number of ether oxygens (including phenoxy) is 3. The summed E-state index contributed by atoms with van der Waals surface area (Å²) in [6.45, 7) is 0. The molecule has 238 valence electrons. The molecule has 4 aromatic carbocycles. The van der Waals surface area contributed by atoms with Gasteiger partial charge in [-0.2, -0.15) is 0 Å². The van der Waals surface area contributed by atoms with Gasteiger partial charge in [0.05, 0.1) is 24.8 Å². The number of aromatic carboxylic acids is 1. The minimum Gasteiger partial charge on any atom is -0.478 e. The molecule has 0 saturated carbocycles. The third kappa shape index (κ3) is 6.12. The van der Waals surface area contributed by atoms with Gasteiger partial charge in [0.25, 0.3) is 0 Å². The van der Waals surface area contributed by atoms with E-state index in [1.807, 2.05) is 72.8 Å². The average molecular weight is 642 g/mol. The molecule has 0 saturated heterocycles. The summed E-state index contributed by atoms with van der Waals surface area (Å²) in [5, 5.41) is 12.3. The predicted molar refractivity (Wildman–Crippen MR) is 176 cm³/mol. The number of benzene rings is 4. The summed E-state index contributed by atoms with van der Waals surface area (Å²) in [5.41, 5.74) is 4.06. The van der Waals surface area contributed by atoms with E-state index in [2.05, 4.69) is 15.0 Å². The molecule has 0 aliphatic rings. The molecule has 11 heteroatoms. The van der Waals surface area contributed by atoms with Crippen LogP contribution >= 0.6 is 0 Å². The van der Waals surface area contributed by atoms with Crippen LogP contribution in [-0.4, -0.2) is 43.9 Å². The highest BCUT2D eigenvalue weighted by Crippen LogP contribution is 2.40. The molecule has 0 spiro atoms. The second-order valence-corrected chi connectivity index (χ2v) is 11.1. The molecule has 0 aliphatic carbocycles. The maximum absolute atomic E-state index is 13.4. The van der Waals surface area contributed by atoms with Gasteiger partial charge in [0.2, 0.25) is 5.75 Å². The van der Waals surface area contributed by atoms with Crippen molar-refractivity contribution in [1.29, 1.82) is 0 Å². The van der Waals surface area contributed by atoms with E-state index >= 15 is 0 Å². The summed E-state index contributed by atoms with van der Waals surface area (Å²) < 4.78 is 17.0. The summed E-state index contributed by atoms with van der Waals surface area (Å²) >= 11 is 0. The monoisotopic (exact) mass is 641 g/mol. The normalized spacial score (nSPS) is 11.2. The molecule has 0 atom stereocenters. The number of hydrogen-bond acceptors (Lipinski definition) is 7. The van der Waals surface area contributed by atoms with Crippen molar-refractivity contribution >= 4 is 56.6 Å². The summed E-state index contributed by atoms with van der Waals surface area (Å²) in [5.74, 6) is -4.83. The van der Waals surface area contributed by atoms with Crippen molar-refractivity contribution in [3.05, 3.63) is 126 Å². The number of H-pyrrole nitrogens is 3. The zero-order chi connectivity index (χ0) is 33.2.